The molecule has 4 aromatic rings. The smallest absolute Gasteiger partial charge is 0.173 e. The van der Waals surface area contributed by atoms with Crippen LogP contribution in [0.1, 0.15) is 23.0 Å². The van der Waals surface area contributed by atoms with Gasteiger partial charge in [-0.3, -0.25) is 0 Å². The molecular weight excluding hydrogens is 355 g/mol. The lowest BCUT2D eigenvalue weighted by molar-refractivity contribution is 0.362. The molecule has 0 radical (unpaired) electrons. The topological polar surface area (TPSA) is 50.7 Å². The van der Waals surface area contributed by atoms with E-state index in [1.807, 2.05) is 47.3 Å². The van der Waals surface area contributed by atoms with Crippen LogP contribution in [0.5, 0.6) is 0 Å². The summed E-state index contributed by atoms with van der Waals surface area (Å²) in [4.78, 5) is 11.7. The SMILES string of the molecule is Cc1cc2nc(-c3cc(F)c4nc(C5[C@H]6CN(C)C[C@@H]56)cn4c3)cc(C)n2n1. The Morgan fingerprint density at radius 1 is 1.04 bits per heavy atom. The number of pyridine rings is 1. The van der Waals surface area contributed by atoms with Gasteiger partial charge in [0, 0.05) is 48.7 Å². The molecule has 1 saturated carbocycles. The lowest BCUT2D eigenvalue weighted by Crippen LogP contribution is -2.18. The normalized spacial score (nSPS) is 24.4. The Hall–Kier alpha value is -2.80. The quantitative estimate of drug-likeness (QED) is 0.540. The fourth-order valence-electron chi connectivity index (χ4n) is 4.94. The number of fused-ring (bicyclic) bond motifs is 3. The van der Waals surface area contributed by atoms with E-state index in [4.69, 9.17) is 0 Å². The largest absolute Gasteiger partial charge is 0.306 e. The summed E-state index contributed by atoms with van der Waals surface area (Å²) < 4.78 is 18.5. The maximum Gasteiger partial charge on any atom is 0.173 e. The number of hydrogen-bond donors (Lipinski definition) is 0. The summed E-state index contributed by atoms with van der Waals surface area (Å²) in [6, 6.07) is 5.41. The molecule has 3 atom stereocenters. The van der Waals surface area contributed by atoms with Crippen LogP contribution < -0.4 is 0 Å². The van der Waals surface area contributed by atoms with Crippen molar-refractivity contribution in [3.05, 3.63) is 53.5 Å². The number of rotatable bonds is 2. The average molecular weight is 376 g/mol. The zero-order valence-electron chi connectivity index (χ0n) is 16.1. The molecule has 2 aliphatic rings. The molecule has 28 heavy (non-hydrogen) atoms. The Morgan fingerprint density at radius 3 is 2.61 bits per heavy atom. The molecule has 4 aromatic heterocycles. The minimum Gasteiger partial charge on any atom is -0.306 e. The molecule has 6 rings (SSSR count). The summed E-state index contributed by atoms with van der Waals surface area (Å²) in [5, 5.41) is 4.44. The monoisotopic (exact) mass is 376 g/mol. The van der Waals surface area contributed by atoms with Crippen molar-refractivity contribution >= 4 is 11.3 Å². The number of nitrogens with zero attached hydrogens (tertiary/aromatic N) is 6. The number of piperidine rings is 1. The van der Waals surface area contributed by atoms with Gasteiger partial charge < -0.3 is 9.30 Å². The lowest BCUT2D eigenvalue weighted by Gasteiger charge is -2.11. The Balaban J connectivity index is 1.43. The number of imidazole rings is 1. The number of hydrogen-bond acceptors (Lipinski definition) is 4. The Kier molecular flexibility index (Phi) is 3.11. The Labute approximate surface area is 161 Å². The van der Waals surface area contributed by atoms with Crippen molar-refractivity contribution in [1.29, 1.82) is 0 Å². The van der Waals surface area contributed by atoms with Gasteiger partial charge in [-0.05, 0) is 44.9 Å². The van der Waals surface area contributed by atoms with Crippen LogP contribution in [0.15, 0.2) is 30.6 Å². The van der Waals surface area contributed by atoms with Crippen LogP contribution in [0, 0.1) is 31.5 Å². The molecule has 1 saturated heterocycles. The predicted molar refractivity (Wildman–Crippen MR) is 104 cm³/mol. The lowest BCUT2D eigenvalue weighted by atomic mass is 10.2. The zero-order chi connectivity index (χ0) is 19.2. The predicted octanol–water partition coefficient (Wildman–Crippen LogP) is 3.07. The first-order valence-electron chi connectivity index (χ1n) is 9.69. The van der Waals surface area contributed by atoms with Crippen LogP contribution in [0.25, 0.3) is 22.6 Å². The molecule has 0 amide bonds. The number of halogens is 1. The first kappa shape index (κ1) is 16.2. The first-order chi connectivity index (χ1) is 13.5. The van der Waals surface area contributed by atoms with Crippen molar-refractivity contribution in [3.8, 4) is 11.3 Å². The van der Waals surface area contributed by atoms with Crippen LogP contribution in [0.2, 0.25) is 0 Å². The molecule has 5 heterocycles. The minimum absolute atomic E-state index is 0.310. The Bertz CT molecular complexity index is 1240. The molecular formula is C21H21FN6. The van der Waals surface area contributed by atoms with Crippen molar-refractivity contribution in [1.82, 2.24) is 28.9 Å². The van der Waals surface area contributed by atoms with Crippen molar-refractivity contribution in [2.75, 3.05) is 20.1 Å². The van der Waals surface area contributed by atoms with Crippen molar-refractivity contribution < 1.29 is 4.39 Å². The first-order valence-corrected chi connectivity index (χ1v) is 9.69. The van der Waals surface area contributed by atoms with E-state index in [2.05, 4.69) is 27.0 Å². The van der Waals surface area contributed by atoms with E-state index in [1.165, 1.54) is 6.07 Å². The Morgan fingerprint density at radius 2 is 1.82 bits per heavy atom. The third kappa shape index (κ3) is 2.26. The number of aromatic nitrogens is 5. The fourth-order valence-corrected chi connectivity index (χ4v) is 4.94. The third-order valence-corrected chi connectivity index (χ3v) is 6.27. The average Bonchev–Trinajstić information content (AvgIpc) is 3.02. The number of likely N-dealkylation sites (tertiary alicyclic amines) is 1. The molecule has 6 nitrogen and oxygen atoms in total. The van der Waals surface area contributed by atoms with Crippen molar-refractivity contribution in [3.63, 3.8) is 0 Å². The minimum atomic E-state index is -0.310. The number of aryl methyl sites for hydroxylation is 2. The molecule has 1 aliphatic heterocycles. The highest BCUT2D eigenvalue weighted by molar-refractivity contribution is 5.64. The van der Waals surface area contributed by atoms with Gasteiger partial charge in [-0.1, -0.05) is 0 Å². The highest BCUT2D eigenvalue weighted by Gasteiger charge is 2.56. The van der Waals surface area contributed by atoms with Crippen LogP contribution in [-0.2, 0) is 0 Å². The fraction of sp³-hybridized carbons (Fsp3) is 0.381. The van der Waals surface area contributed by atoms with Gasteiger partial charge in [0.1, 0.15) is 0 Å². The summed E-state index contributed by atoms with van der Waals surface area (Å²) in [5.41, 5.74) is 5.55. The second-order valence-electron chi connectivity index (χ2n) is 8.39. The van der Waals surface area contributed by atoms with Crippen LogP contribution in [0.4, 0.5) is 4.39 Å². The third-order valence-electron chi connectivity index (χ3n) is 6.27. The van der Waals surface area contributed by atoms with Gasteiger partial charge in [0.25, 0.3) is 0 Å². The molecule has 142 valence electrons. The van der Waals surface area contributed by atoms with Crippen LogP contribution >= 0.6 is 0 Å². The van der Waals surface area contributed by atoms with E-state index in [0.29, 0.717) is 23.4 Å². The molecule has 0 bridgehead atoms. The van der Waals surface area contributed by atoms with Crippen LogP contribution in [0.3, 0.4) is 0 Å². The highest BCUT2D eigenvalue weighted by atomic mass is 19.1. The van der Waals surface area contributed by atoms with Crippen molar-refractivity contribution in [2.45, 2.75) is 19.8 Å². The van der Waals surface area contributed by atoms with Gasteiger partial charge in [0.15, 0.2) is 17.1 Å². The second-order valence-corrected chi connectivity index (χ2v) is 8.39. The summed E-state index contributed by atoms with van der Waals surface area (Å²) in [7, 11) is 2.16. The summed E-state index contributed by atoms with van der Waals surface area (Å²) in [6.45, 7) is 6.16. The zero-order valence-corrected chi connectivity index (χ0v) is 16.1. The molecule has 0 aromatic carbocycles. The van der Waals surface area contributed by atoms with Gasteiger partial charge in [-0.25, -0.2) is 18.9 Å². The summed E-state index contributed by atoms with van der Waals surface area (Å²) in [6.07, 6.45) is 3.93. The maximum atomic E-state index is 14.9. The van der Waals surface area contributed by atoms with E-state index >= 15 is 0 Å². The van der Waals surface area contributed by atoms with Gasteiger partial charge in [0.05, 0.1) is 17.1 Å². The maximum absolute atomic E-state index is 14.9. The summed E-state index contributed by atoms with van der Waals surface area (Å²) in [5.74, 6) is 1.52. The molecule has 7 heteroatoms. The van der Waals surface area contributed by atoms with E-state index in [1.54, 1.807) is 0 Å². The van der Waals surface area contributed by atoms with Crippen molar-refractivity contribution in [2.24, 2.45) is 11.8 Å². The van der Waals surface area contributed by atoms with Gasteiger partial charge in [-0.2, -0.15) is 5.10 Å². The van der Waals surface area contributed by atoms with Gasteiger partial charge in [-0.15, -0.1) is 0 Å². The molecule has 2 fully saturated rings. The molecule has 0 spiro atoms. The van der Waals surface area contributed by atoms with E-state index in [-0.39, 0.29) is 5.82 Å². The van der Waals surface area contributed by atoms with E-state index < -0.39 is 0 Å². The van der Waals surface area contributed by atoms with Gasteiger partial charge in [0.2, 0.25) is 0 Å². The van der Waals surface area contributed by atoms with E-state index in [9.17, 15) is 4.39 Å². The standard InChI is InChI=1S/C21H21FN6/c1-11-4-19-23-17(5-12(2)28(19)25-11)13-6-16(22)21-24-18(10-27(21)7-13)20-14-8-26(3)9-15(14)20/h4-7,10,14-15,20H,8-9H2,1-3H3/t14-,15+,20?. The molecule has 1 unspecified atom stereocenters. The van der Waals surface area contributed by atoms with Crippen LogP contribution in [-0.4, -0.2) is 49.0 Å². The van der Waals surface area contributed by atoms with E-state index in [0.717, 1.165) is 47.1 Å². The molecule has 1 aliphatic carbocycles. The summed E-state index contributed by atoms with van der Waals surface area (Å²) >= 11 is 0. The second kappa shape index (κ2) is 5.38. The van der Waals surface area contributed by atoms with Gasteiger partial charge >= 0.3 is 0 Å². The highest BCUT2D eigenvalue weighted by Crippen LogP contribution is 2.57. The molecule has 0 N–H and O–H groups in total.